The van der Waals surface area contributed by atoms with Gasteiger partial charge < -0.3 is 15.4 Å². The lowest BCUT2D eigenvalue weighted by atomic mass is 9.73. The van der Waals surface area contributed by atoms with Crippen molar-refractivity contribution < 1.29 is 4.74 Å². The van der Waals surface area contributed by atoms with E-state index in [9.17, 15) is 0 Å². The monoisotopic (exact) mass is 273 g/mol. The van der Waals surface area contributed by atoms with E-state index < -0.39 is 0 Å². The summed E-state index contributed by atoms with van der Waals surface area (Å²) in [5.41, 5.74) is 7.31. The number of ether oxygens (including phenoxy) is 1. The van der Waals surface area contributed by atoms with Crippen molar-refractivity contribution in [2.75, 3.05) is 18.6 Å². The van der Waals surface area contributed by atoms with Crippen LogP contribution >= 0.6 is 0 Å². The first-order valence-electron chi connectivity index (χ1n) is 7.42. The van der Waals surface area contributed by atoms with Crippen LogP contribution in [0.25, 0.3) is 0 Å². The summed E-state index contributed by atoms with van der Waals surface area (Å²) in [6.45, 7) is 3.13. The lowest BCUT2D eigenvalue weighted by Crippen LogP contribution is -2.57. The van der Waals surface area contributed by atoms with Gasteiger partial charge in [-0.25, -0.2) is 0 Å². The molecular weight excluding hydrogens is 250 g/mol. The zero-order valence-corrected chi connectivity index (χ0v) is 12.3. The first-order chi connectivity index (χ1) is 9.69. The van der Waals surface area contributed by atoms with Gasteiger partial charge in [-0.3, -0.25) is 4.99 Å². The predicted molar refractivity (Wildman–Crippen MR) is 82.3 cm³/mol. The van der Waals surface area contributed by atoms with Crippen molar-refractivity contribution >= 4 is 11.6 Å². The molecule has 1 heterocycles. The van der Waals surface area contributed by atoms with Gasteiger partial charge in [0, 0.05) is 0 Å². The maximum absolute atomic E-state index is 6.22. The molecule has 0 saturated heterocycles. The average Bonchev–Trinajstić information content (AvgIpc) is 2.80. The van der Waals surface area contributed by atoms with E-state index in [1.807, 2.05) is 18.2 Å². The third-order valence-corrected chi connectivity index (χ3v) is 4.93. The van der Waals surface area contributed by atoms with Crippen molar-refractivity contribution in [3.63, 3.8) is 0 Å². The molecule has 3 rings (SSSR count). The summed E-state index contributed by atoms with van der Waals surface area (Å²) in [6, 6.07) is 8.09. The van der Waals surface area contributed by atoms with Crippen LogP contribution in [0.3, 0.4) is 0 Å². The summed E-state index contributed by atoms with van der Waals surface area (Å²) in [6.07, 6.45) is 4.95. The maximum atomic E-state index is 6.22. The largest absolute Gasteiger partial charge is 0.495 e. The quantitative estimate of drug-likeness (QED) is 0.901. The molecule has 0 amide bonds. The maximum Gasteiger partial charge on any atom is 0.196 e. The molecular formula is C16H23N3O. The van der Waals surface area contributed by atoms with Gasteiger partial charge in [0.1, 0.15) is 5.75 Å². The number of anilines is 1. The third kappa shape index (κ3) is 1.86. The fourth-order valence-electron chi connectivity index (χ4n) is 3.73. The molecule has 0 aromatic heterocycles. The Kier molecular flexibility index (Phi) is 3.32. The molecule has 108 valence electrons. The second kappa shape index (κ2) is 5.00. The minimum absolute atomic E-state index is 0.0387. The molecule has 2 N–H and O–H groups in total. The van der Waals surface area contributed by atoms with Crippen LogP contribution in [-0.2, 0) is 0 Å². The highest BCUT2D eigenvalue weighted by atomic mass is 16.5. The first kappa shape index (κ1) is 13.3. The van der Waals surface area contributed by atoms with E-state index in [1.54, 1.807) is 7.11 Å². The highest BCUT2D eigenvalue weighted by Gasteiger charge is 2.48. The Morgan fingerprint density at radius 3 is 2.90 bits per heavy atom. The molecule has 2 atom stereocenters. The molecule has 1 aliphatic carbocycles. The molecule has 1 aromatic carbocycles. The molecule has 1 fully saturated rings. The van der Waals surface area contributed by atoms with E-state index in [4.69, 9.17) is 10.5 Å². The number of guanidine groups is 1. The number of benzene rings is 1. The van der Waals surface area contributed by atoms with Crippen molar-refractivity contribution in [3.8, 4) is 5.75 Å². The van der Waals surface area contributed by atoms with Gasteiger partial charge in [0.2, 0.25) is 0 Å². The number of nitrogens with two attached hydrogens (primary N) is 1. The number of hydrogen-bond donors (Lipinski definition) is 1. The normalized spacial score (nSPS) is 29.6. The minimum atomic E-state index is 0.0387. The van der Waals surface area contributed by atoms with Crippen molar-refractivity contribution in [2.24, 2.45) is 16.6 Å². The van der Waals surface area contributed by atoms with Gasteiger partial charge in [-0.2, -0.15) is 0 Å². The fraction of sp³-hybridized carbons (Fsp3) is 0.562. The molecule has 2 unspecified atom stereocenters. The Morgan fingerprint density at radius 1 is 1.35 bits per heavy atom. The predicted octanol–water partition coefficient (Wildman–Crippen LogP) is 2.78. The molecule has 1 aliphatic heterocycles. The van der Waals surface area contributed by atoms with Crippen LogP contribution in [0.15, 0.2) is 29.3 Å². The molecule has 4 nitrogen and oxygen atoms in total. The lowest BCUT2D eigenvalue weighted by Gasteiger charge is -2.46. The van der Waals surface area contributed by atoms with Crippen molar-refractivity contribution in [1.82, 2.24) is 0 Å². The summed E-state index contributed by atoms with van der Waals surface area (Å²) < 4.78 is 5.52. The summed E-state index contributed by atoms with van der Waals surface area (Å²) >= 11 is 0. The minimum Gasteiger partial charge on any atom is -0.495 e. The molecule has 0 radical (unpaired) electrons. The Labute approximate surface area is 120 Å². The second-order valence-electron chi connectivity index (χ2n) is 5.93. The van der Waals surface area contributed by atoms with Crippen molar-refractivity contribution in [1.29, 1.82) is 0 Å². The Balaban J connectivity index is 2.06. The Hall–Kier alpha value is -1.71. The smallest absolute Gasteiger partial charge is 0.196 e. The van der Waals surface area contributed by atoms with Crippen LogP contribution in [0.5, 0.6) is 5.75 Å². The van der Waals surface area contributed by atoms with Crippen LogP contribution < -0.4 is 15.4 Å². The van der Waals surface area contributed by atoms with Gasteiger partial charge in [-0.05, 0) is 30.9 Å². The van der Waals surface area contributed by atoms with Gasteiger partial charge in [-0.15, -0.1) is 0 Å². The van der Waals surface area contributed by atoms with Crippen molar-refractivity contribution in [3.05, 3.63) is 24.3 Å². The zero-order valence-electron chi connectivity index (χ0n) is 12.3. The van der Waals surface area contributed by atoms with Crippen molar-refractivity contribution in [2.45, 2.75) is 38.1 Å². The highest BCUT2D eigenvalue weighted by molar-refractivity contribution is 5.99. The van der Waals surface area contributed by atoms with Crippen LogP contribution in [0.4, 0.5) is 5.69 Å². The van der Waals surface area contributed by atoms with E-state index in [0.717, 1.165) is 24.4 Å². The number of methoxy groups -OCH3 is 1. The van der Waals surface area contributed by atoms with Gasteiger partial charge in [0.05, 0.1) is 24.9 Å². The molecule has 1 saturated carbocycles. The van der Waals surface area contributed by atoms with E-state index in [1.165, 1.54) is 19.3 Å². The summed E-state index contributed by atoms with van der Waals surface area (Å²) in [5.74, 6) is 2.08. The molecule has 1 spiro atoms. The number of aliphatic imine (C=N–C) groups is 1. The topological polar surface area (TPSA) is 50.9 Å². The van der Waals surface area contributed by atoms with Gasteiger partial charge in [0.25, 0.3) is 0 Å². The van der Waals surface area contributed by atoms with Crippen LogP contribution in [0.2, 0.25) is 0 Å². The average molecular weight is 273 g/mol. The summed E-state index contributed by atoms with van der Waals surface area (Å²) in [7, 11) is 1.71. The standard InChI is InChI=1S/C16H23N3O/c1-12-7-5-6-10-16(12)11-18-15(17)19(16)13-8-3-4-9-14(13)20-2/h3-4,8-9,12H,5-7,10-11H2,1-2H3,(H2,17,18). The van der Waals surface area contributed by atoms with E-state index in [-0.39, 0.29) is 5.54 Å². The summed E-state index contributed by atoms with van der Waals surface area (Å²) in [5, 5.41) is 0. The lowest BCUT2D eigenvalue weighted by molar-refractivity contribution is 0.223. The van der Waals surface area contributed by atoms with Crippen LogP contribution in [0, 0.1) is 5.92 Å². The number of rotatable bonds is 2. The second-order valence-corrected chi connectivity index (χ2v) is 5.93. The van der Waals surface area contributed by atoms with Crippen LogP contribution in [0.1, 0.15) is 32.6 Å². The SMILES string of the molecule is COc1ccccc1N1C(N)=NCC12CCCCC2C. The van der Waals surface area contributed by atoms with E-state index >= 15 is 0 Å². The molecule has 4 heteroatoms. The van der Waals surface area contributed by atoms with Gasteiger partial charge in [-0.1, -0.05) is 31.9 Å². The molecule has 1 aromatic rings. The van der Waals surface area contributed by atoms with E-state index in [0.29, 0.717) is 11.9 Å². The molecule has 20 heavy (non-hydrogen) atoms. The van der Waals surface area contributed by atoms with Gasteiger partial charge in [0.15, 0.2) is 5.96 Å². The molecule has 0 bridgehead atoms. The highest BCUT2D eigenvalue weighted by Crippen LogP contribution is 2.45. The van der Waals surface area contributed by atoms with E-state index in [2.05, 4.69) is 22.9 Å². The molecule has 2 aliphatic rings. The first-order valence-corrected chi connectivity index (χ1v) is 7.42. The zero-order chi connectivity index (χ0) is 14.2. The third-order valence-electron chi connectivity index (χ3n) is 4.93. The Morgan fingerprint density at radius 2 is 2.15 bits per heavy atom. The number of para-hydroxylation sites is 2. The number of hydrogen-bond acceptors (Lipinski definition) is 4. The Bertz CT molecular complexity index is 528. The number of nitrogens with zero attached hydrogens (tertiary/aromatic N) is 2. The van der Waals surface area contributed by atoms with Crippen LogP contribution in [-0.4, -0.2) is 25.2 Å². The summed E-state index contributed by atoms with van der Waals surface area (Å²) in [4.78, 5) is 6.79. The fourth-order valence-corrected chi connectivity index (χ4v) is 3.73. The van der Waals surface area contributed by atoms with Gasteiger partial charge >= 0.3 is 0 Å².